The molecule has 11 heteroatoms. The fourth-order valence-corrected chi connectivity index (χ4v) is 2.25. The molecule has 0 aliphatic heterocycles. The molecule has 1 aromatic heterocycles. The fourth-order valence-electron chi connectivity index (χ4n) is 2.25. The van der Waals surface area contributed by atoms with Crippen molar-refractivity contribution in [3.8, 4) is 0 Å². The van der Waals surface area contributed by atoms with Crippen molar-refractivity contribution in [3.05, 3.63) is 41.5 Å². The van der Waals surface area contributed by atoms with Gasteiger partial charge in [0.05, 0.1) is 23.0 Å². The van der Waals surface area contributed by atoms with Crippen LogP contribution in [-0.4, -0.2) is 49.5 Å². The molecule has 0 spiro atoms. The summed E-state index contributed by atoms with van der Waals surface area (Å²) in [5.41, 5.74) is 5.96. The van der Waals surface area contributed by atoms with Crippen molar-refractivity contribution >= 4 is 23.1 Å². The van der Waals surface area contributed by atoms with Crippen LogP contribution in [0.4, 0.5) is 29.1 Å². The molecule has 7 nitrogen and oxygen atoms in total. The largest absolute Gasteiger partial charge is 0.384 e. The van der Waals surface area contributed by atoms with E-state index < -0.39 is 37.4 Å². The second kappa shape index (κ2) is 12.5. The third-order valence-corrected chi connectivity index (χ3v) is 3.73. The topological polar surface area (TPSA) is 104 Å². The molecule has 0 fully saturated rings. The van der Waals surface area contributed by atoms with Crippen LogP contribution >= 0.6 is 0 Å². The number of allylic oxidation sites excluding steroid dienone is 2. The smallest absolute Gasteiger partial charge is 0.276 e. The van der Waals surface area contributed by atoms with Crippen LogP contribution in [0.3, 0.4) is 0 Å². The molecule has 0 atom stereocenters. The first-order valence-corrected chi connectivity index (χ1v) is 9.13. The third kappa shape index (κ3) is 7.72. The molecule has 30 heavy (non-hydrogen) atoms. The quantitative estimate of drug-likeness (QED) is 0.245. The zero-order valence-corrected chi connectivity index (χ0v) is 17.0. The predicted molar refractivity (Wildman–Crippen MR) is 110 cm³/mol. The highest BCUT2D eigenvalue weighted by Gasteiger charge is 2.16. The number of nitrogens with zero attached hydrogens (tertiary/aromatic N) is 2. The van der Waals surface area contributed by atoms with Crippen molar-refractivity contribution in [2.24, 2.45) is 10.7 Å². The Balaban J connectivity index is 3.23. The Hall–Kier alpha value is -3.11. The summed E-state index contributed by atoms with van der Waals surface area (Å²) in [6, 6.07) is 0.279. The zero-order chi connectivity index (χ0) is 22.7. The Labute approximate surface area is 172 Å². The number of halogens is 4. The second-order valence-electron chi connectivity index (χ2n) is 6.16. The number of anilines is 2. The Morgan fingerprint density at radius 1 is 1.33 bits per heavy atom. The summed E-state index contributed by atoms with van der Waals surface area (Å²) in [6.07, 6.45) is 2.16. The normalized spacial score (nSPS) is 13.0. The lowest BCUT2D eigenvalue weighted by Crippen LogP contribution is -2.27. The second-order valence-corrected chi connectivity index (χ2v) is 6.16. The molecule has 166 valence electrons. The summed E-state index contributed by atoms with van der Waals surface area (Å²) < 4.78 is 51.1. The Morgan fingerprint density at radius 2 is 2.00 bits per heavy atom. The van der Waals surface area contributed by atoms with Gasteiger partial charge in [-0.2, -0.15) is 0 Å². The summed E-state index contributed by atoms with van der Waals surface area (Å²) in [7, 11) is 1.41. The van der Waals surface area contributed by atoms with Gasteiger partial charge in [-0.1, -0.05) is 13.0 Å². The molecule has 0 aliphatic carbocycles. The molecule has 5 N–H and O–H groups in total. The van der Waals surface area contributed by atoms with Crippen LogP contribution in [0, 0.1) is 0 Å². The van der Waals surface area contributed by atoms with E-state index in [1.807, 2.05) is 6.92 Å². The van der Waals surface area contributed by atoms with Gasteiger partial charge in [-0.15, -0.1) is 0 Å². The van der Waals surface area contributed by atoms with Gasteiger partial charge in [0, 0.05) is 31.1 Å². The number of alkyl halides is 4. The molecular formula is C19H26F4N6O. The lowest BCUT2D eigenvalue weighted by molar-refractivity contribution is 0.0963. The molecule has 0 unspecified atom stereocenters. The summed E-state index contributed by atoms with van der Waals surface area (Å²) >= 11 is 0. The van der Waals surface area contributed by atoms with E-state index in [9.17, 15) is 22.4 Å². The molecule has 1 aromatic rings. The molecular weight excluding hydrogens is 404 g/mol. The van der Waals surface area contributed by atoms with E-state index in [0.29, 0.717) is 12.1 Å². The first-order chi connectivity index (χ1) is 14.2. The molecule has 0 saturated carbocycles. The van der Waals surface area contributed by atoms with E-state index in [-0.39, 0.29) is 22.9 Å². The maximum absolute atomic E-state index is 12.9. The van der Waals surface area contributed by atoms with Gasteiger partial charge in [0.2, 0.25) is 0 Å². The van der Waals surface area contributed by atoms with Gasteiger partial charge in [0.15, 0.2) is 0 Å². The number of amides is 1. The van der Waals surface area contributed by atoms with Crippen molar-refractivity contribution in [2.75, 3.05) is 31.0 Å². The number of carbonyl (C=O) groups excluding carboxylic acids is 1. The van der Waals surface area contributed by atoms with Crippen LogP contribution in [0.15, 0.2) is 40.9 Å². The Kier molecular flexibility index (Phi) is 10.3. The molecule has 0 bridgehead atoms. The summed E-state index contributed by atoms with van der Waals surface area (Å²) in [6.45, 7) is 1.06. The van der Waals surface area contributed by atoms with Gasteiger partial charge >= 0.3 is 0 Å². The zero-order valence-electron chi connectivity index (χ0n) is 17.0. The number of hydrogen-bond donors (Lipinski definition) is 4. The summed E-state index contributed by atoms with van der Waals surface area (Å²) in [5, 5.41) is 7.98. The van der Waals surface area contributed by atoms with Gasteiger partial charge < -0.3 is 21.7 Å². The Bertz CT molecular complexity index is 806. The van der Waals surface area contributed by atoms with Crippen LogP contribution in [0.25, 0.3) is 0 Å². The van der Waals surface area contributed by atoms with E-state index in [1.165, 1.54) is 25.4 Å². The number of nitrogens with two attached hydrogens (primary N) is 1. The molecule has 0 aliphatic rings. The summed E-state index contributed by atoms with van der Waals surface area (Å²) in [4.78, 5) is 19.8. The molecule has 0 aromatic carbocycles. The molecule has 1 rings (SSSR count). The maximum Gasteiger partial charge on any atom is 0.276 e. The van der Waals surface area contributed by atoms with E-state index in [1.54, 1.807) is 6.08 Å². The van der Waals surface area contributed by atoms with Crippen molar-refractivity contribution in [3.63, 3.8) is 0 Å². The van der Waals surface area contributed by atoms with Gasteiger partial charge in [-0.05, 0) is 13.3 Å². The number of aromatic nitrogens is 1. The van der Waals surface area contributed by atoms with Crippen molar-refractivity contribution < 1.29 is 22.4 Å². The standard InChI is InChI=1S/C19H26F4N6O/c1-4-5-12(6-16(24)27-11(2)18(22)23)29-17-7-15(28-13(8-20)9-21)14(10-26-17)19(30)25-3/h5-7,10,13,18H,4,8-9,24H2,1-3H3,(H,25,30)(H2,26,28,29)/b12-5-,16-6-,27-11+. The highest BCUT2D eigenvalue weighted by Crippen LogP contribution is 2.21. The van der Waals surface area contributed by atoms with Gasteiger partial charge in [-0.25, -0.2) is 27.5 Å². The number of hydrogen-bond acceptors (Lipinski definition) is 6. The van der Waals surface area contributed by atoms with Crippen molar-refractivity contribution in [1.82, 2.24) is 10.3 Å². The predicted octanol–water partition coefficient (Wildman–Crippen LogP) is 3.39. The van der Waals surface area contributed by atoms with Crippen LogP contribution in [0.2, 0.25) is 0 Å². The number of pyridine rings is 1. The van der Waals surface area contributed by atoms with Crippen LogP contribution in [0.5, 0.6) is 0 Å². The molecule has 0 radical (unpaired) electrons. The number of aliphatic imine (C=N–C) groups is 1. The number of nitrogens with one attached hydrogen (secondary N) is 3. The van der Waals surface area contributed by atoms with E-state index in [0.717, 1.165) is 6.92 Å². The highest BCUT2D eigenvalue weighted by atomic mass is 19.3. The SMILES string of the molecule is CC/C=C(/C=C(N)\N=C(/C)C(F)F)Nc1cc(NC(CF)CF)c(C(=O)NC)cn1. The van der Waals surface area contributed by atoms with E-state index in [2.05, 4.69) is 25.9 Å². The lowest BCUT2D eigenvalue weighted by Gasteiger charge is -2.17. The van der Waals surface area contributed by atoms with Crippen LogP contribution in [-0.2, 0) is 0 Å². The fraction of sp³-hybridized carbons (Fsp3) is 0.421. The molecule has 1 amide bonds. The van der Waals surface area contributed by atoms with Crippen LogP contribution in [0.1, 0.15) is 30.6 Å². The average molecular weight is 430 g/mol. The maximum atomic E-state index is 12.9. The van der Waals surface area contributed by atoms with Crippen molar-refractivity contribution in [1.29, 1.82) is 0 Å². The monoisotopic (exact) mass is 430 g/mol. The molecule has 0 saturated heterocycles. The van der Waals surface area contributed by atoms with Gasteiger partial charge in [0.25, 0.3) is 12.3 Å². The van der Waals surface area contributed by atoms with Gasteiger partial charge in [-0.3, -0.25) is 4.79 Å². The van der Waals surface area contributed by atoms with Crippen LogP contribution < -0.4 is 21.7 Å². The first kappa shape index (κ1) is 24.9. The minimum Gasteiger partial charge on any atom is -0.384 e. The minimum absolute atomic E-state index is 0.100. The minimum atomic E-state index is -2.73. The third-order valence-electron chi connectivity index (χ3n) is 3.73. The number of carbonyl (C=O) groups is 1. The van der Waals surface area contributed by atoms with Crippen molar-refractivity contribution in [2.45, 2.75) is 32.7 Å². The lowest BCUT2D eigenvalue weighted by atomic mass is 10.2. The first-order valence-electron chi connectivity index (χ1n) is 9.13. The van der Waals surface area contributed by atoms with Gasteiger partial charge in [0.1, 0.15) is 25.0 Å². The molecule has 1 heterocycles. The van der Waals surface area contributed by atoms with E-state index in [4.69, 9.17) is 5.73 Å². The highest BCUT2D eigenvalue weighted by molar-refractivity contribution is 5.99. The Morgan fingerprint density at radius 3 is 2.53 bits per heavy atom. The summed E-state index contributed by atoms with van der Waals surface area (Å²) in [5.74, 6) is -0.395. The number of rotatable bonds is 11. The average Bonchev–Trinajstić information content (AvgIpc) is 2.71. The van der Waals surface area contributed by atoms with E-state index >= 15 is 0 Å².